The molecule has 142 valence electrons. The molecule has 5 heteroatoms. The van der Waals surface area contributed by atoms with Crippen LogP contribution in [0.1, 0.15) is 33.8 Å². The Morgan fingerprint density at radius 1 is 0.759 bits per heavy atom. The Hall–Kier alpha value is -3.73. The molecule has 5 nitrogen and oxygen atoms in total. The number of rotatable bonds is 3. The third-order valence-electron chi connectivity index (χ3n) is 5.59. The van der Waals surface area contributed by atoms with Crippen molar-refractivity contribution in [2.75, 3.05) is 9.80 Å². The fourth-order valence-electron chi connectivity index (χ4n) is 4.20. The van der Waals surface area contributed by atoms with Crippen molar-refractivity contribution in [3.8, 4) is 0 Å². The lowest BCUT2D eigenvalue weighted by atomic mass is 9.95. The topological polar surface area (TPSA) is 57.7 Å². The van der Waals surface area contributed by atoms with Crippen molar-refractivity contribution in [3.63, 3.8) is 0 Å². The van der Waals surface area contributed by atoms with E-state index in [1.807, 2.05) is 54.6 Å². The van der Waals surface area contributed by atoms with E-state index in [1.165, 1.54) is 4.90 Å². The van der Waals surface area contributed by atoms with Gasteiger partial charge in [0.05, 0.1) is 18.2 Å². The standard InChI is InChI=1S/C24H18N2O3/c27-22-14-20(24(29)26(22)17-9-2-1-3-10-17)19-12-6-7-13-21(19)25-15-16-8-4-5-11-18(16)23(25)28/h1-13,20H,14-15H2/t20-/m1/s1. The second-order valence-electron chi connectivity index (χ2n) is 7.27. The van der Waals surface area contributed by atoms with E-state index >= 15 is 0 Å². The third kappa shape index (κ3) is 2.74. The van der Waals surface area contributed by atoms with Crippen LogP contribution in [0.15, 0.2) is 78.9 Å². The van der Waals surface area contributed by atoms with E-state index < -0.39 is 5.92 Å². The van der Waals surface area contributed by atoms with Crippen molar-refractivity contribution in [3.05, 3.63) is 95.6 Å². The second-order valence-corrected chi connectivity index (χ2v) is 7.27. The highest BCUT2D eigenvalue weighted by atomic mass is 16.2. The van der Waals surface area contributed by atoms with Gasteiger partial charge in [0, 0.05) is 17.7 Å². The minimum atomic E-state index is -0.601. The number of imide groups is 1. The van der Waals surface area contributed by atoms with E-state index in [1.54, 1.807) is 29.2 Å². The predicted molar refractivity (Wildman–Crippen MR) is 110 cm³/mol. The lowest BCUT2D eigenvalue weighted by molar-refractivity contribution is -0.121. The Kier molecular flexibility index (Phi) is 4.02. The number of hydrogen-bond donors (Lipinski definition) is 0. The first kappa shape index (κ1) is 17.4. The van der Waals surface area contributed by atoms with E-state index in [4.69, 9.17) is 0 Å². The van der Waals surface area contributed by atoms with Crippen LogP contribution in [0.2, 0.25) is 0 Å². The van der Waals surface area contributed by atoms with Gasteiger partial charge in [-0.1, -0.05) is 54.6 Å². The largest absolute Gasteiger partial charge is 0.304 e. The van der Waals surface area contributed by atoms with Crippen LogP contribution in [0.4, 0.5) is 11.4 Å². The van der Waals surface area contributed by atoms with E-state index in [-0.39, 0.29) is 24.1 Å². The molecule has 0 spiro atoms. The Bertz CT molecular complexity index is 1140. The van der Waals surface area contributed by atoms with Gasteiger partial charge in [0.2, 0.25) is 11.8 Å². The number of nitrogens with zero attached hydrogens (tertiary/aromatic N) is 2. The average Bonchev–Trinajstić information content (AvgIpc) is 3.25. The molecule has 1 atom stereocenters. The van der Waals surface area contributed by atoms with Crippen LogP contribution in [-0.4, -0.2) is 17.7 Å². The van der Waals surface area contributed by atoms with Crippen LogP contribution in [-0.2, 0) is 16.1 Å². The molecule has 0 saturated carbocycles. The molecular formula is C24H18N2O3. The molecule has 29 heavy (non-hydrogen) atoms. The van der Waals surface area contributed by atoms with Gasteiger partial charge in [-0.25, -0.2) is 0 Å². The van der Waals surface area contributed by atoms with E-state index in [2.05, 4.69) is 0 Å². The number of carbonyl (C=O) groups is 3. The smallest absolute Gasteiger partial charge is 0.258 e. The summed E-state index contributed by atoms with van der Waals surface area (Å²) in [6.45, 7) is 0.462. The van der Waals surface area contributed by atoms with Crippen LogP contribution >= 0.6 is 0 Å². The molecule has 2 heterocycles. The van der Waals surface area contributed by atoms with Crippen molar-refractivity contribution in [1.82, 2.24) is 0 Å². The minimum absolute atomic E-state index is 0.0789. The van der Waals surface area contributed by atoms with Crippen molar-refractivity contribution in [2.24, 2.45) is 0 Å². The highest BCUT2D eigenvalue weighted by Gasteiger charge is 2.42. The fraction of sp³-hybridized carbons (Fsp3) is 0.125. The highest BCUT2D eigenvalue weighted by molar-refractivity contribution is 6.23. The van der Waals surface area contributed by atoms with Gasteiger partial charge in [0.15, 0.2) is 0 Å². The number of anilines is 2. The summed E-state index contributed by atoms with van der Waals surface area (Å²) in [4.78, 5) is 41.8. The van der Waals surface area contributed by atoms with Gasteiger partial charge in [0.25, 0.3) is 5.91 Å². The van der Waals surface area contributed by atoms with Gasteiger partial charge in [0.1, 0.15) is 0 Å². The molecule has 0 aliphatic carbocycles. The maximum Gasteiger partial charge on any atom is 0.258 e. The van der Waals surface area contributed by atoms with Crippen molar-refractivity contribution in [2.45, 2.75) is 18.9 Å². The van der Waals surface area contributed by atoms with Gasteiger partial charge in [-0.15, -0.1) is 0 Å². The highest BCUT2D eigenvalue weighted by Crippen LogP contribution is 2.39. The number of hydrogen-bond acceptors (Lipinski definition) is 3. The lowest BCUT2D eigenvalue weighted by Crippen LogP contribution is -2.30. The molecule has 1 fully saturated rings. The summed E-state index contributed by atoms with van der Waals surface area (Å²) in [5.74, 6) is -1.16. The van der Waals surface area contributed by atoms with Crippen LogP contribution in [0.25, 0.3) is 0 Å². The number of benzene rings is 3. The van der Waals surface area contributed by atoms with Gasteiger partial charge in [-0.3, -0.25) is 19.3 Å². The number of fused-ring (bicyclic) bond motifs is 1. The molecule has 5 rings (SSSR count). The second kappa shape index (κ2) is 6.71. The summed E-state index contributed by atoms with van der Waals surface area (Å²) >= 11 is 0. The Labute approximate surface area is 168 Å². The molecule has 0 unspecified atom stereocenters. The fourth-order valence-corrected chi connectivity index (χ4v) is 4.20. The average molecular weight is 382 g/mol. The van der Waals surface area contributed by atoms with Gasteiger partial charge < -0.3 is 4.90 Å². The Morgan fingerprint density at radius 2 is 1.45 bits per heavy atom. The van der Waals surface area contributed by atoms with Crippen LogP contribution in [0.5, 0.6) is 0 Å². The zero-order valence-corrected chi connectivity index (χ0v) is 15.6. The summed E-state index contributed by atoms with van der Waals surface area (Å²) in [6.07, 6.45) is 0.0969. The lowest BCUT2D eigenvalue weighted by Gasteiger charge is -2.22. The molecule has 0 radical (unpaired) electrons. The predicted octanol–water partition coefficient (Wildman–Crippen LogP) is 3.89. The van der Waals surface area contributed by atoms with Crippen LogP contribution < -0.4 is 9.80 Å². The molecule has 3 aromatic carbocycles. The maximum atomic E-state index is 13.2. The van der Waals surface area contributed by atoms with Crippen LogP contribution in [0, 0.1) is 0 Å². The third-order valence-corrected chi connectivity index (χ3v) is 5.59. The molecular weight excluding hydrogens is 364 g/mol. The Balaban J connectivity index is 1.52. The molecule has 0 N–H and O–H groups in total. The summed E-state index contributed by atoms with van der Waals surface area (Å²) in [6, 6.07) is 23.9. The first-order chi connectivity index (χ1) is 14.1. The first-order valence-corrected chi connectivity index (χ1v) is 9.55. The van der Waals surface area contributed by atoms with Gasteiger partial charge in [-0.05, 0) is 35.4 Å². The molecule has 3 aromatic rings. The molecule has 0 bridgehead atoms. The summed E-state index contributed by atoms with van der Waals surface area (Å²) in [7, 11) is 0. The molecule has 2 aliphatic heterocycles. The van der Waals surface area contributed by atoms with Crippen molar-refractivity contribution < 1.29 is 14.4 Å². The summed E-state index contributed by atoms with van der Waals surface area (Å²) in [5.41, 5.74) is 3.63. The number of amides is 3. The van der Waals surface area contributed by atoms with E-state index in [9.17, 15) is 14.4 Å². The number of carbonyl (C=O) groups excluding carboxylic acids is 3. The summed E-state index contributed by atoms with van der Waals surface area (Å²) < 4.78 is 0. The molecule has 0 aromatic heterocycles. The zero-order valence-electron chi connectivity index (χ0n) is 15.6. The molecule has 3 amide bonds. The first-order valence-electron chi connectivity index (χ1n) is 9.55. The van der Waals surface area contributed by atoms with E-state index in [0.717, 1.165) is 5.56 Å². The van der Waals surface area contributed by atoms with Gasteiger partial charge >= 0.3 is 0 Å². The molecule has 2 aliphatic rings. The minimum Gasteiger partial charge on any atom is -0.304 e. The van der Waals surface area contributed by atoms with E-state index in [0.29, 0.717) is 29.0 Å². The van der Waals surface area contributed by atoms with Crippen molar-refractivity contribution >= 4 is 29.1 Å². The molecule has 1 saturated heterocycles. The number of para-hydroxylation sites is 2. The van der Waals surface area contributed by atoms with Crippen LogP contribution in [0.3, 0.4) is 0 Å². The quantitative estimate of drug-likeness (QED) is 0.646. The Morgan fingerprint density at radius 3 is 2.24 bits per heavy atom. The maximum absolute atomic E-state index is 13.2. The summed E-state index contributed by atoms with van der Waals surface area (Å²) in [5, 5.41) is 0. The van der Waals surface area contributed by atoms with Crippen molar-refractivity contribution in [1.29, 1.82) is 0 Å². The van der Waals surface area contributed by atoms with Gasteiger partial charge in [-0.2, -0.15) is 0 Å². The zero-order chi connectivity index (χ0) is 20.0. The SMILES string of the molecule is O=C1c2ccccc2CN1c1ccccc1[C@H]1CC(=O)N(c2ccccc2)C1=O. The monoisotopic (exact) mass is 382 g/mol. The normalized spacial score (nSPS) is 18.5.